The Bertz CT molecular complexity index is 1490. The number of halogens is 1. The van der Waals surface area contributed by atoms with E-state index in [1.807, 2.05) is 54.7 Å². The van der Waals surface area contributed by atoms with Gasteiger partial charge >= 0.3 is 0 Å². The van der Waals surface area contributed by atoms with E-state index in [-0.39, 0.29) is 41.0 Å². The predicted molar refractivity (Wildman–Crippen MR) is 138 cm³/mol. The maximum Gasteiger partial charge on any atom is 0.185 e. The molecule has 0 bridgehead atoms. The minimum absolute atomic E-state index is 0.0305. The minimum Gasteiger partial charge on any atom is -0.359 e. The molecule has 4 atom stereocenters. The van der Waals surface area contributed by atoms with Crippen LogP contribution in [0.25, 0.3) is 6.08 Å². The van der Waals surface area contributed by atoms with Crippen molar-refractivity contribution in [2.75, 3.05) is 0 Å². The first-order valence-electron chi connectivity index (χ1n) is 12.6. The number of fused-ring (bicyclic) bond motifs is 3. The quantitative estimate of drug-likeness (QED) is 0.303. The van der Waals surface area contributed by atoms with Crippen molar-refractivity contribution in [3.8, 4) is 12.1 Å². The lowest BCUT2D eigenvalue weighted by atomic mass is 9.72. The van der Waals surface area contributed by atoms with Crippen molar-refractivity contribution in [2.24, 2.45) is 11.8 Å². The minimum atomic E-state index is -0.583. The molecule has 1 saturated carbocycles. The predicted octanol–water partition coefficient (Wildman–Crippen LogP) is 6.57. The third kappa shape index (κ3) is 3.85. The summed E-state index contributed by atoms with van der Waals surface area (Å²) < 4.78 is 14.0. The van der Waals surface area contributed by atoms with Crippen LogP contribution >= 0.6 is 0 Å². The van der Waals surface area contributed by atoms with Gasteiger partial charge in [-0.2, -0.15) is 10.5 Å². The maximum absolute atomic E-state index is 14.2. The summed E-state index contributed by atoms with van der Waals surface area (Å²) in [6, 6.07) is 27.2. The molecule has 180 valence electrons. The molecular weight excluding hydrogens is 461 g/mol. The molecule has 2 heterocycles. The van der Waals surface area contributed by atoms with Crippen molar-refractivity contribution in [1.82, 2.24) is 4.90 Å². The molecule has 3 aromatic carbocycles. The second-order valence-corrected chi connectivity index (χ2v) is 9.94. The van der Waals surface area contributed by atoms with Gasteiger partial charge in [0.25, 0.3) is 0 Å². The second-order valence-electron chi connectivity index (χ2n) is 9.94. The summed E-state index contributed by atoms with van der Waals surface area (Å²) in [5.41, 5.74) is 4.53. The van der Waals surface area contributed by atoms with E-state index in [2.05, 4.69) is 29.2 Å². The molecule has 6 rings (SSSR count). The molecule has 0 unspecified atom stereocenters. The molecule has 1 saturated heterocycles. The van der Waals surface area contributed by atoms with Crippen molar-refractivity contribution in [3.05, 3.63) is 124 Å². The highest BCUT2D eigenvalue weighted by Gasteiger charge is 2.56. The molecule has 3 aliphatic rings. The Labute approximate surface area is 215 Å². The number of allylic oxidation sites excluding steroid dienone is 1. The molecule has 0 aromatic heterocycles. The van der Waals surface area contributed by atoms with Gasteiger partial charge in [-0.1, -0.05) is 66.7 Å². The van der Waals surface area contributed by atoms with E-state index in [0.717, 1.165) is 35.1 Å². The highest BCUT2D eigenvalue weighted by molar-refractivity contribution is 6.01. The van der Waals surface area contributed by atoms with Gasteiger partial charge in [-0.15, -0.1) is 0 Å². The Morgan fingerprint density at radius 2 is 1.57 bits per heavy atom. The normalized spacial score (nSPS) is 23.4. The first-order chi connectivity index (χ1) is 18.1. The van der Waals surface area contributed by atoms with Crippen LogP contribution in [0.1, 0.15) is 51.8 Å². The Kier molecular flexibility index (Phi) is 5.70. The number of carbonyl (C=O) groups is 1. The number of ketones is 1. The summed E-state index contributed by atoms with van der Waals surface area (Å²) in [7, 11) is 0. The first-order valence-corrected chi connectivity index (χ1v) is 12.6. The van der Waals surface area contributed by atoms with Crippen LogP contribution in [0.4, 0.5) is 4.39 Å². The summed E-state index contributed by atoms with van der Waals surface area (Å²) in [6.45, 7) is 0. The Morgan fingerprint density at radius 1 is 0.892 bits per heavy atom. The van der Waals surface area contributed by atoms with Crippen LogP contribution in [0.5, 0.6) is 0 Å². The number of hydrogen-bond acceptors (Lipinski definition) is 4. The average molecular weight is 486 g/mol. The van der Waals surface area contributed by atoms with Gasteiger partial charge in [0.05, 0.1) is 12.1 Å². The summed E-state index contributed by atoms with van der Waals surface area (Å²) >= 11 is 0. The van der Waals surface area contributed by atoms with Crippen LogP contribution in [0.3, 0.4) is 0 Å². The van der Waals surface area contributed by atoms with E-state index < -0.39 is 6.04 Å². The lowest BCUT2D eigenvalue weighted by Gasteiger charge is -2.35. The number of benzene rings is 3. The zero-order chi connectivity index (χ0) is 25.5. The molecule has 3 aromatic rings. The van der Waals surface area contributed by atoms with E-state index in [1.54, 1.807) is 12.1 Å². The molecule has 4 nitrogen and oxygen atoms in total. The van der Waals surface area contributed by atoms with Gasteiger partial charge in [-0.3, -0.25) is 4.79 Å². The monoisotopic (exact) mass is 485 g/mol. The van der Waals surface area contributed by atoms with Crippen LogP contribution in [0, 0.1) is 40.3 Å². The summed E-state index contributed by atoms with van der Waals surface area (Å²) in [5, 5.41) is 20.0. The van der Waals surface area contributed by atoms with Gasteiger partial charge in [-0.05, 0) is 59.2 Å². The fourth-order valence-electron chi connectivity index (χ4n) is 6.28. The third-order valence-electron chi connectivity index (χ3n) is 7.92. The van der Waals surface area contributed by atoms with Crippen LogP contribution < -0.4 is 0 Å². The number of nitrogens with zero attached hydrogens (tertiary/aromatic N) is 3. The zero-order valence-corrected chi connectivity index (χ0v) is 20.1. The zero-order valence-electron chi connectivity index (χ0n) is 20.1. The van der Waals surface area contributed by atoms with Crippen LogP contribution in [0.15, 0.2) is 96.2 Å². The van der Waals surface area contributed by atoms with Gasteiger partial charge in [0.2, 0.25) is 0 Å². The molecule has 5 heteroatoms. The molecule has 37 heavy (non-hydrogen) atoms. The number of hydrogen-bond donors (Lipinski definition) is 0. The van der Waals surface area contributed by atoms with E-state index >= 15 is 0 Å². The lowest BCUT2D eigenvalue weighted by molar-refractivity contribution is 0.0874. The molecular formula is C32H24FN3O. The fourth-order valence-corrected chi connectivity index (χ4v) is 6.28. The SMILES string of the molecule is N#CC(C#N)=C(C1CC1)[C@H]1[C@@H](c2ccc(F)cc2)[C@@H](C(=O)c2ccccc2)N2C=Cc3ccccc3[C@@H]12. The molecule has 2 fully saturated rings. The number of rotatable bonds is 5. The Hall–Kier alpha value is -4.48. The van der Waals surface area contributed by atoms with Crippen molar-refractivity contribution in [3.63, 3.8) is 0 Å². The van der Waals surface area contributed by atoms with Crippen LogP contribution in [-0.2, 0) is 0 Å². The van der Waals surface area contributed by atoms with Crippen LogP contribution in [-0.4, -0.2) is 16.7 Å². The maximum atomic E-state index is 14.2. The summed E-state index contributed by atoms with van der Waals surface area (Å²) in [6.07, 6.45) is 5.84. The number of Topliss-reactive ketones (excluding diaryl/α,β-unsaturated/α-hetero) is 1. The number of carbonyl (C=O) groups excluding carboxylic acids is 1. The lowest BCUT2D eigenvalue weighted by Crippen LogP contribution is -2.37. The van der Waals surface area contributed by atoms with Crippen molar-refractivity contribution in [1.29, 1.82) is 10.5 Å². The Balaban J connectivity index is 1.63. The van der Waals surface area contributed by atoms with Gasteiger partial charge in [-0.25, -0.2) is 4.39 Å². The van der Waals surface area contributed by atoms with E-state index in [0.29, 0.717) is 5.56 Å². The molecule has 0 amide bonds. The smallest absolute Gasteiger partial charge is 0.185 e. The fraction of sp³-hybridized carbons (Fsp3) is 0.219. The largest absolute Gasteiger partial charge is 0.359 e. The van der Waals surface area contributed by atoms with Crippen molar-refractivity contribution >= 4 is 11.9 Å². The van der Waals surface area contributed by atoms with E-state index in [4.69, 9.17) is 0 Å². The molecule has 2 aliphatic heterocycles. The molecule has 0 N–H and O–H groups in total. The molecule has 0 spiro atoms. The second kappa shape index (κ2) is 9.19. The number of nitriles is 2. The van der Waals surface area contributed by atoms with Crippen LogP contribution in [0.2, 0.25) is 0 Å². The average Bonchev–Trinajstić information content (AvgIpc) is 3.72. The first kappa shape index (κ1) is 23.0. The van der Waals surface area contributed by atoms with Crippen molar-refractivity contribution < 1.29 is 9.18 Å². The topological polar surface area (TPSA) is 67.9 Å². The highest BCUT2D eigenvalue weighted by Crippen LogP contribution is 2.59. The summed E-state index contributed by atoms with van der Waals surface area (Å²) in [5.74, 6) is -0.915. The van der Waals surface area contributed by atoms with Gasteiger partial charge in [0, 0.05) is 23.6 Å². The Morgan fingerprint density at radius 3 is 2.24 bits per heavy atom. The van der Waals surface area contributed by atoms with Gasteiger partial charge in [0.1, 0.15) is 23.5 Å². The van der Waals surface area contributed by atoms with Crippen molar-refractivity contribution in [2.45, 2.75) is 30.8 Å². The van der Waals surface area contributed by atoms with Gasteiger partial charge in [0.15, 0.2) is 5.78 Å². The third-order valence-corrected chi connectivity index (χ3v) is 7.92. The standard InChI is InChI=1S/C32H24FN3O/c33-25-14-12-22(13-15-25)28-29(27(21-10-11-21)24(18-34)19-35)30-26-9-5-4-6-20(26)16-17-36(30)31(28)32(37)23-7-2-1-3-8-23/h1-9,12-17,21,28-31H,10-11H2/t28-,29+,30+,31+/m1/s1. The van der Waals surface area contributed by atoms with E-state index in [1.165, 1.54) is 12.1 Å². The molecule has 1 aliphatic carbocycles. The van der Waals surface area contributed by atoms with E-state index in [9.17, 15) is 19.7 Å². The molecule has 0 radical (unpaired) electrons. The van der Waals surface area contributed by atoms with Gasteiger partial charge < -0.3 is 4.90 Å². The highest BCUT2D eigenvalue weighted by atomic mass is 19.1. The summed E-state index contributed by atoms with van der Waals surface area (Å²) in [4.78, 5) is 16.3.